The second kappa shape index (κ2) is 4.54. The smallest absolute Gasteiger partial charge is 0.330 e. The largest absolute Gasteiger partial charge is 0.361 e. The molecule has 2 unspecified atom stereocenters. The van der Waals surface area contributed by atoms with Gasteiger partial charge in [0.1, 0.15) is 0 Å². The van der Waals surface area contributed by atoms with Gasteiger partial charge in [-0.3, -0.25) is 9.68 Å². The summed E-state index contributed by atoms with van der Waals surface area (Å²) in [5.41, 5.74) is 0. The SMILES string of the molecule is CCC(O)(OOC=O)C(C)Cl. The Bertz CT molecular complexity index is 128. The van der Waals surface area contributed by atoms with Crippen LogP contribution in [-0.2, 0) is 14.6 Å². The number of aliphatic hydroxyl groups is 1. The van der Waals surface area contributed by atoms with Gasteiger partial charge in [0.05, 0.1) is 5.38 Å². The zero-order chi connectivity index (χ0) is 8.91. The predicted molar refractivity (Wildman–Crippen MR) is 38.8 cm³/mol. The third-order valence-corrected chi connectivity index (χ3v) is 1.70. The molecule has 2 atom stereocenters. The molecule has 0 aliphatic carbocycles. The van der Waals surface area contributed by atoms with Crippen LogP contribution in [-0.4, -0.2) is 22.7 Å². The second-order valence-corrected chi connectivity index (χ2v) is 2.74. The number of carbonyl (C=O) groups is 1. The molecule has 0 saturated carbocycles. The van der Waals surface area contributed by atoms with Crippen molar-refractivity contribution in [3.05, 3.63) is 0 Å². The third-order valence-electron chi connectivity index (χ3n) is 1.36. The molecule has 1 N–H and O–H groups in total. The minimum absolute atomic E-state index is 0.0832. The molecule has 0 aliphatic rings. The molecule has 0 fully saturated rings. The van der Waals surface area contributed by atoms with Crippen molar-refractivity contribution in [3.63, 3.8) is 0 Å². The Hall–Kier alpha value is -0.320. The average Bonchev–Trinajstić information content (AvgIpc) is 2.00. The maximum absolute atomic E-state index is 9.69. The molecule has 0 bridgehead atoms. The average molecular weight is 183 g/mol. The van der Waals surface area contributed by atoms with E-state index in [1.807, 2.05) is 0 Å². The Kier molecular flexibility index (Phi) is 4.40. The summed E-state index contributed by atoms with van der Waals surface area (Å²) in [4.78, 5) is 18.0. The van der Waals surface area contributed by atoms with E-state index in [1.54, 1.807) is 13.8 Å². The van der Waals surface area contributed by atoms with Crippen molar-refractivity contribution in [1.29, 1.82) is 0 Å². The van der Waals surface area contributed by atoms with Crippen LogP contribution >= 0.6 is 11.6 Å². The number of alkyl halides is 1. The van der Waals surface area contributed by atoms with E-state index >= 15 is 0 Å². The molecule has 0 saturated heterocycles. The monoisotopic (exact) mass is 182 g/mol. The van der Waals surface area contributed by atoms with Crippen molar-refractivity contribution in [2.75, 3.05) is 0 Å². The van der Waals surface area contributed by atoms with E-state index in [0.717, 1.165) is 0 Å². The molecule has 11 heavy (non-hydrogen) atoms. The molecule has 0 radical (unpaired) electrons. The van der Waals surface area contributed by atoms with E-state index in [0.29, 0.717) is 0 Å². The number of halogens is 1. The lowest BCUT2D eigenvalue weighted by Gasteiger charge is -2.25. The van der Waals surface area contributed by atoms with Crippen LogP contribution < -0.4 is 0 Å². The van der Waals surface area contributed by atoms with Crippen molar-refractivity contribution in [3.8, 4) is 0 Å². The summed E-state index contributed by atoms with van der Waals surface area (Å²) in [5.74, 6) is -1.59. The minimum atomic E-state index is -1.59. The number of hydrogen-bond acceptors (Lipinski definition) is 4. The predicted octanol–water partition coefficient (Wildman–Crippen LogP) is 0.817. The molecular weight excluding hydrogens is 172 g/mol. The van der Waals surface area contributed by atoms with E-state index in [1.165, 1.54) is 0 Å². The van der Waals surface area contributed by atoms with Crippen LogP contribution in [0.4, 0.5) is 0 Å². The molecule has 0 aromatic carbocycles. The van der Waals surface area contributed by atoms with Gasteiger partial charge >= 0.3 is 6.47 Å². The normalized spacial score (nSPS) is 18.5. The van der Waals surface area contributed by atoms with Gasteiger partial charge in [0, 0.05) is 6.42 Å². The molecule has 5 heteroatoms. The zero-order valence-electron chi connectivity index (χ0n) is 6.41. The molecule has 0 heterocycles. The van der Waals surface area contributed by atoms with Gasteiger partial charge in [-0.1, -0.05) is 6.92 Å². The lowest BCUT2D eigenvalue weighted by Crippen LogP contribution is -2.39. The van der Waals surface area contributed by atoms with Gasteiger partial charge in [-0.2, -0.15) is 0 Å². The van der Waals surface area contributed by atoms with Crippen molar-refractivity contribution >= 4 is 18.1 Å². The summed E-state index contributed by atoms with van der Waals surface area (Å²) in [6.45, 7) is 3.28. The third kappa shape index (κ3) is 3.05. The Morgan fingerprint density at radius 3 is 2.64 bits per heavy atom. The summed E-state index contributed by atoms with van der Waals surface area (Å²) in [5, 5.41) is 8.74. The summed E-state index contributed by atoms with van der Waals surface area (Å²) in [6.07, 6.45) is 0.242. The van der Waals surface area contributed by atoms with Crippen molar-refractivity contribution in [2.45, 2.75) is 31.4 Å². The molecule has 0 aromatic heterocycles. The van der Waals surface area contributed by atoms with Crippen LogP contribution in [0.3, 0.4) is 0 Å². The van der Waals surface area contributed by atoms with Crippen molar-refractivity contribution in [2.24, 2.45) is 0 Å². The van der Waals surface area contributed by atoms with Gasteiger partial charge in [-0.05, 0) is 6.92 Å². The van der Waals surface area contributed by atoms with Crippen LogP contribution in [0.5, 0.6) is 0 Å². The van der Waals surface area contributed by atoms with Crippen LogP contribution in [0.1, 0.15) is 20.3 Å². The zero-order valence-corrected chi connectivity index (χ0v) is 7.17. The fraction of sp³-hybridized carbons (Fsp3) is 0.833. The van der Waals surface area contributed by atoms with E-state index in [2.05, 4.69) is 9.78 Å². The highest BCUT2D eigenvalue weighted by Gasteiger charge is 2.34. The summed E-state index contributed by atoms with van der Waals surface area (Å²) in [6, 6.07) is 0. The summed E-state index contributed by atoms with van der Waals surface area (Å²) in [7, 11) is 0. The molecule has 4 nitrogen and oxygen atoms in total. The maximum atomic E-state index is 9.69. The molecule has 66 valence electrons. The molecule has 0 spiro atoms. The lowest BCUT2D eigenvalue weighted by atomic mass is 10.1. The van der Waals surface area contributed by atoms with E-state index < -0.39 is 11.2 Å². The van der Waals surface area contributed by atoms with Gasteiger partial charge < -0.3 is 5.11 Å². The van der Waals surface area contributed by atoms with Crippen LogP contribution in [0.25, 0.3) is 0 Å². The van der Waals surface area contributed by atoms with Crippen LogP contribution in [0.15, 0.2) is 0 Å². The molecule has 0 aromatic rings. The second-order valence-electron chi connectivity index (χ2n) is 2.09. The van der Waals surface area contributed by atoms with Gasteiger partial charge in [-0.15, -0.1) is 16.5 Å². The first-order chi connectivity index (χ1) is 5.06. The highest BCUT2D eigenvalue weighted by molar-refractivity contribution is 6.21. The Balaban J connectivity index is 3.98. The molecular formula is C6H11ClO4. The first-order valence-corrected chi connectivity index (χ1v) is 3.65. The van der Waals surface area contributed by atoms with Crippen molar-refractivity contribution in [1.82, 2.24) is 0 Å². The lowest BCUT2D eigenvalue weighted by molar-refractivity contribution is -0.387. The quantitative estimate of drug-likeness (QED) is 0.225. The molecule has 0 aliphatic heterocycles. The number of hydrogen-bond donors (Lipinski definition) is 1. The number of rotatable bonds is 5. The maximum Gasteiger partial charge on any atom is 0.330 e. The van der Waals surface area contributed by atoms with Crippen molar-refractivity contribution < 1.29 is 19.7 Å². The fourth-order valence-corrected chi connectivity index (χ4v) is 0.700. The van der Waals surface area contributed by atoms with E-state index in [-0.39, 0.29) is 12.9 Å². The molecule has 0 amide bonds. The highest BCUT2D eigenvalue weighted by atomic mass is 35.5. The first kappa shape index (κ1) is 10.7. The fourth-order valence-electron chi connectivity index (χ4n) is 0.509. The topological polar surface area (TPSA) is 55.8 Å². The Morgan fingerprint density at radius 2 is 2.36 bits per heavy atom. The van der Waals surface area contributed by atoms with Crippen LogP contribution in [0, 0.1) is 0 Å². The molecule has 0 rings (SSSR count). The van der Waals surface area contributed by atoms with E-state index in [4.69, 9.17) is 11.6 Å². The van der Waals surface area contributed by atoms with Gasteiger partial charge in [-0.25, -0.2) is 0 Å². The Morgan fingerprint density at radius 1 is 1.82 bits per heavy atom. The van der Waals surface area contributed by atoms with Gasteiger partial charge in [0.25, 0.3) is 0 Å². The first-order valence-electron chi connectivity index (χ1n) is 3.21. The number of carbonyl (C=O) groups excluding carboxylic acids is 1. The minimum Gasteiger partial charge on any atom is -0.361 e. The summed E-state index contributed by atoms with van der Waals surface area (Å²) < 4.78 is 0. The van der Waals surface area contributed by atoms with Gasteiger partial charge in [0.2, 0.25) is 5.79 Å². The Labute approximate surface area is 70.0 Å². The standard InChI is InChI=1S/C6H11ClO4/c1-3-6(9,5(2)7)11-10-4-8/h4-5,9H,3H2,1-2H3. The highest BCUT2D eigenvalue weighted by Crippen LogP contribution is 2.21. The van der Waals surface area contributed by atoms with E-state index in [9.17, 15) is 9.90 Å². The van der Waals surface area contributed by atoms with Gasteiger partial charge in [0.15, 0.2) is 0 Å². The van der Waals surface area contributed by atoms with Crippen LogP contribution in [0.2, 0.25) is 0 Å². The summed E-state index contributed by atoms with van der Waals surface area (Å²) >= 11 is 5.55.